The number of alkyl halides is 3. The normalized spacial score (nSPS) is 26.1. The van der Waals surface area contributed by atoms with Gasteiger partial charge in [-0.15, -0.1) is 4.48 Å². The largest absolute Gasteiger partial charge is 0.508 e. The highest BCUT2D eigenvalue weighted by molar-refractivity contribution is 8.14. The molecule has 2 unspecified atom stereocenters. The molecule has 12 heteroatoms. The molecule has 1 saturated heterocycles. The van der Waals surface area contributed by atoms with Gasteiger partial charge in [-0.2, -0.15) is 13.2 Å². The number of thioether (sulfide) groups is 1. The van der Waals surface area contributed by atoms with E-state index in [9.17, 15) is 27.9 Å². The summed E-state index contributed by atoms with van der Waals surface area (Å²) in [5, 5.41) is 27.5. The number of nitrogens with one attached hydrogen (secondary N) is 1. The van der Waals surface area contributed by atoms with Gasteiger partial charge >= 0.3 is 6.18 Å². The molecule has 0 bridgehead atoms. The van der Waals surface area contributed by atoms with Gasteiger partial charge in [-0.1, -0.05) is 11.8 Å². The van der Waals surface area contributed by atoms with E-state index in [2.05, 4.69) is 4.99 Å². The molecule has 0 saturated carbocycles. The Morgan fingerprint density at radius 1 is 1.33 bits per heavy atom. The van der Waals surface area contributed by atoms with Crippen LogP contribution in [0.4, 0.5) is 23.3 Å². The molecule has 2 rings (SSSR count). The smallest absolute Gasteiger partial charge is 0.391 e. The molecule has 1 aliphatic heterocycles. The zero-order valence-corrected chi connectivity index (χ0v) is 15.0. The van der Waals surface area contributed by atoms with Crippen molar-refractivity contribution >= 4 is 22.6 Å². The molecule has 1 aliphatic rings. The Morgan fingerprint density at radius 3 is 2.37 bits per heavy atom. The van der Waals surface area contributed by atoms with Crippen LogP contribution in [0.5, 0.6) is 5.75 Å². The van der Waals surface area contributed by atoms with Crippen molar-refractivity contribution < 1.29 is 37.7 Å². The monoisotopic (exact) mass is 415 g/mol. The zero-order valence-electron chi connectivity index (χ0n) is 14.2. The molecule has 0 amide bonds. The van der Waals surface area contributed by atoms with Gasteiger partial charge in [0.15, 0.2) is 5.17 Å². The maximum absolute atomic E-state index is 12.3. The lowest BCUT2D eigenvalue weighted by Gasteiger charge is -2.37. The Labute approximate surface area is 157 Å². The van der Waals surface area contributed by atoms with E-state index in [0.29, 0.717) is 17.4 Å². The number of aliphatic hydroxyl groups excluding tert-OH is 2. The van der Waals surface area contributed by atoms with Gasteiger partial charge in [0.25, 0.3) is 0 Å². The molecular formula is C15H21F4N3O4S. The molecule has 1 heterocycles. The summed E-state index contributed by atoms with van der Waals surface area (Å²) in [5.41, 5.74) is 6.32. The van der Waals surface area contributed by atoms with Crippen LogP contribution in [0, 0.1) is 0 Å². The summed E-state index contributed by atoms with van der Waals surface area (Å²) < 4.78 is 54.1. The third-order valence-electron chi connectivity index (χ3n) is 3.39. The van der Waals surface area contributed by atoms with Crippen LogP contribution in [-0.2, 0) is 4.74 Å². The minimum atomic E-state index is -4.53. The van der Waals surface area contributed by atoms with E-state index >= 15 is 0 Å². The van der Waals surface area contributed by atoms with Gasteiger partial charge in [0.1, 0.15) is 17.3 Å². The first-order valence-corrected chi connectivity index (χ1v) is 8.56. The van der Waals surface area contributed by atoms with Crippen molar-refractivity contribution in [1.82, 2.24) is 5.54 Å². The van der Waals surface area contributed by atoms with Crippen LogP contribution in [0.3, 0.4) is 0 Å². The lowest BCUT2D eigenvalue weighted by Crippen LogP contribution is -2.49. The molecule has 0 radical (unpaired) electrons. The fourth-order valence-corrected chi connectivity index (χ4v) is 2.99. The minimum Gasteiger partial charge on any atom is -0.508 e. The Kier molecular flexibility index (Phi) is 9.09. The maximum atomic E-state index is 12.3. The number of nitrogen functional groups attached to an aromatic ring is 1. The summed E-state index contributed by atoms with van der Waals surface area (Å²) in [7, 11) is 1.29. The SMILES string of the molecule is CN=C(NF)S[C@@H]1CC(O)[C@H](O)C(CC(F)(F)F)O1.Nc1ccc(O)cc1. The van der Waals surface area contributed by atoms with Crippen LogP contribution in [0.1, 0.15) is 12.8 Å². The predicted molar refractivity (Wildman–Crippen MR) is 93.7 cm³/mol. The maximum Gasteiger partial charge on any atom is 0.391 e. The zero-order chi connectivity index (χ0) is 20.6. The van der Waals surface area contributed by atoms with Crippen LogP contribution in [0.2, 0.25) is 0 Å². The van der Waals surface area contributed by atoms with Crippen molar-refractivity contribution in [2.24, 2.45) is 4.99 Å². The third kappa shape index (κ3) is 8.65. The summed E-state index contributed by atoms with van der Waals surface area (Å²) >= 11 is 0.704. The number of hydrogen-bond donors (Lipinski definition) is 5. The average Bonchev–Trinajstić information content (AvgIpc) is 2.59. The number of halogens is 4. The first-order chi connectivity index (χ1) is 12.6. The van der Waals surface area contributed by atoms with Crippen molar-refractivity contribution in [1.29, 1.82) is 0 Å². The number of nitrogens with two attached hydrogens (primary N) is 1. The highest BCUT2D eigenvalue weighted by Gasteiger charge is 2.43. The van der Waals surface area contributed by atoms with Crippen LogP contribution in [0.15, 0.2) is 29.3 Å². The van der Waals surface area contributed by atoms with Crippen molar-refractivity contribution in [3.63, 3.8) is 0 Å². The number of hydrogen-bond acceptors (Lipinski definition) is 7. The van der Waals surface area contributed by atoms with Gasteiger partial charge in [0, 0.05) is 19.2 Å². The first-order valence-electron chi connectivity index (χ1n) is 7.68. The number of rotatable bonds is 2. The molecule has 0 aromatic heterocycles. The van der Waals surface area contributed by atoms with Crippen molar-refractivity contribution in [3.8, 4) is 5.75 Å². The predicted octanol–water partition coefficient (Wildman–Crippen LogP) is 1.94. The third-order valence-corrected chi connectivity index (χ3v) is 4.44. The topological polar surface area (TPSA) is 120 Å². The molecular weight excluding hydrogens is 394 g/mol. The molecule has 0 aliphatic carbocycles. The number of amidine groups is 1. The molecule has 1 aromatic carbocycles. The lowest BCUT2D eigenvalue weighted by atomic mass is 10.00. The van der Waals surface area contributed by atoms with Crippen molar-refractivity contribution in [3.05, 3.63) is 24.3 Å². The number of aliphatic hydroxyl groups is 2. The van der Waals surface area contributed by atoms with Crippen LogP contribution in [0.25, 0.3) is 0 Å². The second-order valence-electron chi connectivity index (χ2n) is 5.55. The standard InChI is InChI=1S/C9H14F4N2O3S.C6H7NO/c1-14-8(15-13)19-6-2-4(16)7(17)5(18-6)3-9(10,11)12;7-5-1-3-6(8)4-2-5/h4-7,16-17H,2-3H2,1H3,(H,14,15);1-4,8H,7H2/t4?,5?,6-,7+;/m1./s1. The number of aromatic hydroxyl groups is 1. The van der Waals surface area contributed by atoms with Crippen LogP contribution < -0.4 is 11.3 Å². The summed E-state index contributed by atoms with van der Waals surface area (Å²) in [6.07, 6.45) is -10.6. The fourth-order valence-electron chi connectivity index (χ4n) is 2.10. The number of phenols is 1. The van der Waals surface area contributed by atoms with E-state index in [1.54, 1.807) is 24.3 Å². The van der Waals surface area contributed by atoms with E-state index in [1.807, 2.05) is 0 Å². The molecule has 6 N–H and O–H groups in total. The minimum absolute atomic E-state index is 0.124. The summed E-state index contributed by atoms with van der Waals surface area (Å²) in [4.78, 5) is 3.49. The van der Waals surface area contributed by atoms with Gasteiger partial charge in [-0.3, -0.25) is 4.99 Å². The Bertz CT molecular complexity index is 583. The highest BCUT2D eigenvalue weighted by Crippen LogP contribution is 2.33. The van der Waals surface area contributed by atoms with Crippen LogP contribution >= 0.6 is 11.8 Å². The summed E-state index contributed by atoms with van der Waals surface area (Å²) in [6, 6.07) is 6.40. The lowest BCUT2D eigenvalue weighted by molar-refractivity contribution is -0.206. The second kappa shape index (κ2) is 10.5. The molecule has 1 fully saturated rings. The number of anilines is 1. The highest BCUT2D eigenvalue weighted by atomic mass is 32.2. The second-order valence-corrected chi connectivity index (χ2v) is 6.70. The van der Waals surface area contributed by atoms with E-state index in [-0.39, 0.29) is 17.3 Å². The van der Waals surface area contributed by atoms with Gasteiger partial charge in [-0.25, -0.2) is 5.54 Å². The summed E-state index contributed by atoms with van der Waals surface area (Å²) in [6.45, 7) is 0. The quantitative estimate of drug-likeness (QED) is 0.125. The van der Waals surface area contributed by atoms with Crippen LogP contribution in [-0.4, -0.2) is 57.5 Å². The van der Waals surface area contributed by atoms with Gasteiger partial charge in [-0.05, 0) is 24.3 Å². The number of benzene rings is 1. The molecule has 0 spiro atoms. The number of aliphatic imine (C=N–C) groups is 1. The van der Waals surface area contributed by atoms with Gasteiger partial charge in [0.05, 0.1) is 18.6 Å². The van der Waals surface area contributed by atoms with E-state index in [1.165, 1.54) is 12.6 Å². The molecule has 1 aromatic rings. The van der Waals surface area contributed by atoms with Crippen molar-refractivity contribution in [2.75, 3.05) is 12.8 Å². The number of phenolic OH excluding ortho intramolecular Hbond substituents is 1. The molecule has 154 valence electrons. The van der Waals surface area contributed by atoms with E-state index in [4.69, 9.17) is 15.6 Å². The van der Waals surface area contributed by atoms with Gasteiger partial charge in [0.2, 0.25) is 0 Å². The van der Waals surface area contributed by atoms with Crippen molar-refractivity contribution in [2.45, 2.75) is 42.8 Å². The fraction of sp³-hybridized carbons (Fsp3) is 0.533. The number of ether oxygens (including phenoxy) is 1. The Hall–Kier alpha value is -1.76. The Balaban J connectivity index is 0.000000377. The van der Waals surface area contributed by atoms with Gasteiger partial charge < -0.3 is 25.8 Å². The summed E-state index contributed by atoms with van der Waals surface area (Å²) in [5.74, 6) is 0.249. The Morgan fingerprint density at radius 2 is 1.93 bits per heavy atom. The molecule has 4 atom stereocenters. The molecule has 7 nitrogen and oxygen atoms in total. The van der Waals surface area contributed by atoms with E-state index in [0.717, 1.165) is 0 Å². The van der Waals surface area contributed by atoms with E-state index < -0.39 is 36.3 Å². The first kappa shape index (κ1) is 23.3. The number of nitrogens with zero attached hydrogens (tertiary/aromatic N) is 1. The molecule has 27 heavy (non-hydrogen) atoms. The average molecular weight is 415 g/mol.